The molecule has 2 unspecified atom stereocenters. The van der Waals surface area contributed by atoms with Crippen molar-refractivity contribution in [3.8, 4) is 0 Å². The highest BCUT2D eigenvalue weighted by Crippen LogP contribution is 2.43. The number of carbonyl (C=O) groups is 2. The van der Waals surface area contributed by atoms with Gasteiger partial charge in [0, 0.05) is 17.5 Å². The molecule has 0 spiro atoms. The molecule has 1 aromatic heterocycles. The fraction of sp³-hybridized carbons (Fsp3) is 0.400. The van der Waals surface area contributed by atoms with Crippen LogP contribution in [-0.4, -0.2) is 39.7 Å². The van der Waals surface area contributed by atoms with E-state index in [0.29, 0.717) is 6.42 Å². The highest BCUT2D eigenvalue weighted by molar-refractivity contribution is 5.79. The second-order valence-electron chi connectivity index (χ2n) is 9.27. The second-order valence-corrected chi connectivity index (χ2v) is 9.27. The van der Waals surface area contributed by atoms with Crippen molar-refractivity contribution in [2.45, 2.75) is 57.4 Å². The summed E-state index contributed by atoms with van der Waals surface area (Å²) in [6.07, 6.45) is 3.42. The van der Waals surface area contributed by atoms with Gasteiger partial charge in [0.1, 0.15) is 18.2 Å². The second kappa shape index (κ2) is 9.13. The molecule has 8 nitrogen and oxygen atoms in total. The number of ether oxygens (including phenoxy) is 2. The molecule has 4 rings (SSSR count). The highest BCUT2D eigenvalue weighted by Gasteiger charge is 2.48. The summed E-state index contributed by atoms with van der Waals surface area (Å²) in [7, 11) is 0. The lowest BCUT2D eigenvalue weighted by Crippen LogP contribution is -2.49. The summed E-state index contributed by atoms with van der Waals surface area (Å²) in [5.74, 6) is -0.548. The van der Waals surface area contributed by atoms with E-state index in [1.54, 1.807) is 20.8 Å². The normalized spacial score (nSPS) is 20.4. The van der Waals surface area contributed by atoms with Crippen molar-refractivity contribution < 1.29 is 19.1 Å². The van der Waals surface area contributed by atoms with E-state index in [1.807, 2.05) is 65.5 Å². The van der Waals surface area contributed by atoms with Crippen molar-refractivity contribution in [3.05, 3.63) is 60.8 Å². The zero-order valence-electron chi connectivity index (χ0n) is 19.2. The largest absolute Gasteiger partial charge is 0.444 e. The van der Waals surface area contributed by atoms with Gasteiger partial charge in [0.15, 0.2) is 0 Å². The van der Waals surface area contributed by atoms with E-state index in [-0.39, 0.29) is 12.6 Å². The van der Waals surface area contributed by atoms with Crippen LogP contribution in [0.4, 0.5) is 10.5 Å². The number of hydrogen-bond acceptors (Lipinski definition) is 6. The summed E-state index contributed by atoms with van der Waals surface area (Å²) in [6, 6.07) is 17.4. The Labute approximate surface area is 193 Å². The highest BCUT2D eigenvalue weighted by atomic mass is 16.6. The first kappa shape index (κ1) is 22.6. The number of anilines is 1. The molecule has 1 aliphatic carbocycles. The molecule has 2 atom stereocenters. The first-order chi connectivity index (χ1) is 15.8. The molecule has 3 aromatic rings. The Kier molecular flexibility index (Phi) is 6.26. The molecule has 1 aliphatic rings. The number of carbonyl (C=O) groups excluding carboxylic acids is 2. The van der Waals surface area contributed by atoms with Gasteiger partial charge in [0.2, 0.25) is 5.72 Å². The average Bonchev–Trinajstić information content (AvgIpc) is 3.35. The third-order valence-electron chi connectivity index (χ3n) is 5.57. The molecule has 2 N–H and O–H groups in total. The lowest BCUT2D eigenvalue weighted by molar-refractivity contribution is -0.158. The predicted molar refractivity (Wildman–Crippen MR) is 126 cm³/mol. The number of amides is 1. The standard InChI is InChI=1S/C25H30N4O4/c1-24(2,3)33-23(31)26-17-22(30)32-25(28-19-11-5-4-6-12-19)15-9-14-21(25)29-20-13-8-7-10-18(20)16-27-29/h4-8,10-13,16,21,28H,9,14-15,17H2,1-3H3,(H,26,31). The summed E-state index contributed by atoms with van der Waals surface area (Å²) < 4.78 is 13.2. The molecule has 174 valence electrons. The minimum Gasteiger partial charge on any atom is -0.444 e. The van der Waals surface area contributed by atoms with Gasteiger partial charge < -0.3 is 20.1 Å². The zero-order valence-corrected chi connectivity index (χ0v) is 19.2. The summed E-state index contributed by atoms with van der Waals surface area (Å²) in [5.41, 5.74) is 0.158. The first-order valence-electron chi connectivity index (χ1n) is 11.2. The van der Waals surface area contributed by atoms with E-state index in [1.165, 1.54) is 0 Å². The summed E-state index contributed by atoms with van der Waals surface area (Å²) in [5, 5.41) is 11.6. The monoisotopic (exact) mass is 450 g/mol. The Balaban J connectivity index is 1.59. The van der Waals surface area contributed by atoms with Crippen LogP contribution in [0.3, 0.4) is 0 Å². The van der Waals surface area contributed by atoms with Crippen molar-refractivity contribution in [3.63, 3.8) is 0 Å². The molecule has 0 bridgehead atoms. The number of esters is 1. The van der Waals surface area contributed by atoms with Crippen LogP contribution in [0.2, 0.25) is 0 Å². The van der Waals surface area contributed by atoms with Crippen LogP contribution in [0.25, 0.3) is 10.9 Å². The quantitative estimate of drug-likeness (QED) is 0.420. The molecule has 0 radical (unpaired) electrons. The molecule has 2 aromatic carbocycles. The Morgan fingerprint density at radius 1 is 1.12 bits per heavy atom. The third-order valence-corrected chi connectivity index (χ3v) is 5.57. The average molecular weight is 451 g/mol. The number of aromatic nitrogens is 2. The number of rotatable bonds is 6. The molecule has 1 heterocycles. The van der Waals surface area contributed by atoms with E-state index in [9.17, 15) is 9.59 Å². The number of para-hydroxylation sites is 2. The SMILES string of the molecule is CC(C)(C)OC(=O)NCC(=O)OC1(Nc2ccccc2)CCCC1n1ncc2ccccc21. The van der Waals surface area contributed by atoms with Crippen molar-refractivity contribution in [2.75, 3.05) is 11.9 Å². The smallest absolute Gasteiger partial charge is 0.408 e. The van der Waals surface area contributed by atoms with E-state index in [0.717, 1.165) is 29.4 Å². The minimum absolute atomic E-state index is 0.219. The number of benzene rings is 2. The summed E-state index contributed by atoms with van der Waals surface area (Å²) >= 11 is 0. The predicted octanol–water partition coefficient (Wildman–Crippen LogP) is 4.64. The number of hydrogen-bond donors (Lipinski definition) is 2. The molecular weight excluding hydrogens is 420 g/mol. The molecule has 0 saturated heterocycles. The number of nitrogens with zero attached hydrogens (tertiary/aromatic N) is 2. The Morgan fingerprint density at radius 3 is 2.61 bits per heavy atom. The van der Waals surface area contributed by atoms with Gasteiger partial charge in [-0.1, -0.05) is 36.4 Å². The fourth-order valence-electron chi connectivity index (χ4n) is 4.27. The van der Waals surface area contributed by atoms with Crippen molar-refractivity contribution in [1.82, 2.24) is 15.1 Å². The van der Waals surface area contributed by atoms with Crippen LogP contribution in [-0.2, 0) is 14.3 Å². The van der Waals surface area contributed by atoms with Crippen LogP contribution >= 0.6 is 0 Å². The van der Waals surface area contributed by atoms with Gasteiger partial charge in [-0.25, -0.2) is 4.79 Å². The van der Waals surface area contributed by atoms with Crippen molar-refractivity contribution >= 4 is 28.7 Å². The van der Waals surface area contributed by atoms with Gasteiger partial charge in [-0.05, 0) is 51.8 Å². The Morgan fingerprint density at radius 2 is 1.85 bits per heavy atom. The zero-order chi connectivity index (χ0) is 23.5. The first-order valence-corrected chi connectivity index (χ1v) is 11.2. The molecule has 1 saturated carbocycles. The van der Waals surface area contributed by atoms with Gasteiger partial charge >= 0.3 is 12.1 Å². The van der Waals surface area contributed by atoms with Crippen molar-refractivity contribution in [1.29, 1.82) is 0 Å². The lowest BCUT2D eigenvalue weighted by Gasteiger charge is -2.37. The Bertz CT molecular complexity index is 1120. The van der Waals surface area contributed by atoms with E-state index < -0.39 is 23.4 Å². The fourth-order valence-corrected chi connectivity index (χ4v) is 4.27. The van der Waals surface area contributed by atoms with Crippen LogP contribution in [0, 0.1) is 0 Å². The molecular formula is C25H30N4O4. The molecule has 8 heteroatoms. The van der Waals surface area contributed by atoms with Gasteiger partial charge in [-0.15, -0.1) is 0 Å². The molecule has 1 amide bonds. The van der Waals surface area contributed by atoms with E-state index in [2.05, 4.69) is 15.7 Å². The van der Waals surface area contributed by atoms with Gasteiger partial charge in [-0.3, -0.25) is 9.48 Å². The van der Waals surface area contributed by atoms with E-state index >= 15 is 0 Å². The minimum atomic E-state index is -1.01. The van der Waals surface area contributed by atoms with Crippen LogP contribution in [0.15, 0.2) is 60.8 Å². The number of fused-ring (bicyclic) bond motifs is 1. The topological polar surface area (TPSA) is 94.5 Å². The Hall–Kier alpha value is -3.55. The maximum atomic E-state index is 12.9. The number of alkyl carbamates (subject to hydrolysis) is 1. The van der Waals surface area contributed by atoms with Gasteiger partial charge in [-0.2, -0.15) is 5.10 Å². The maximum absolute atomic E-state index is 12.9. The number of nitrogens with one attached hydrogen (secondary N) is 2. The molecule has 0 aliphatic heterocycles. The van der Waals surface area contributed by atoms with E-state index in [4.69, 9.17) is 9.47 Å². The summed E-state index contributed by atoms with van der Waals surface area (Å²) in [6.45, 7) is 5.00. The summed E-state index contributed by atoms with van der Waals surface area (Å²) in [4.78, 5) is 24.9. The van der Waals surface area contributed by atoms with Gasteiger partial charge in [0.05, 0.1) is 11.7 Å². The van der Waals surface area contributed by atoms with Crippen LogP contribution in [0.5, 0.6) is 0 Å². The molecule has 1 fully saturated rings. The molecule has 33 heavy (non-hydrogen) atoms. The maximum Gasteiger partial charge on any atom is 0.408 e. The lowest BCUT2D eigenvalue weighted by atomic mass is 10.1. The van der Waals surface area contributed by atoms with Crippen LogP contribution < -0.4 is 10.6 Å². The van der Waals surface area contributed by atoms with Gasteiger partial charge in [0.25, 0.3) is 0 Å². The van der Waals surface area contributed by atoms with Crippen LogP contribution in [0.1, 0.15) is 46.1 Å². The van der Waals surface area contributed by atoms with Crippen molar-refractivity contribution in [2.24, 2.45) is 0 Å². The third kappa shape index (κ3) is 5.27.